The molecule has 1 heterocycles. The Balaban J connectivity index is 2.16. The number of pyridine rings is 1. The molecule has 3 aromatic rings. The van der Waals surface area contributed by atoms with Gasteiger partial charge >= 0.3 is 5.97 Å². The third-order valence-corrected chi connectivity index (χ3v) is 3.83. The predicted octanol–water partition coefficient (Wildman–Crippen LogP) is 3.18. The van der Waals surface area contributed by atoms with Crippen molar-refractivity contribution in [3.8, 4) is 5.75 Å². The van der Waals surface area contributed by atoms with Gasteiger partial charge in [-0.15, -0.1) is 0 Å². The maximum Gasteiger partial charge on any atom is 0.335 e. The third-order valence-electron chi connectivity index (χ3n) is 3.60. The first-order valence-corrected chi connectivity index (χ1v) is 7.19. The first-order valence-electron chi connectivity index (χ1n) is 6.81. The van der Waals surface area contributed by atoms with Crippen molar-refractivity contribution in [2.45, 2.75) is 6.42 Å². The van der Waals surface area contributed by atoms with Crippen LogP contribution < -0.4 is 5.56 Å². The lowest BCUT2D eigenvalue weighted by molar-refractivity contribution is 0.0697. The van der Waals surface area contributed by atoms with Crippen LogP contribution >= 0.6 is 11.6 Å². The second-order valence-electron chi connectivity index (χ2n) is 5.15. The van der Waals surface area contributed by atoms with Gasteiger partial charge in [-0.3, -0.25) is 4.79 Å². The maximum absolute atomic E-state index is 12.2. The number of aromatic hydroxyl groups is 1. The highest BCUT2D eigenvalue weighted by molar-refractivity contribution is 6.30. The molecular weight excluding hydrogens is 318 g/mol. The molecular formula is C17H12ClNO4. The minimum absolute atomic E-state index is 0.0357. The van der Waals surface area contributed by atoms with E-state index in [0.29, 0.717) is 15.9 Å². The largest absolute Gasteiger partial charge is 0.507 e. The lowest BCUT2D eigenvalue weighted by Crippen LogP contribution is -2.13. The molecule has 0 saturated heterocycles. The normalized spacial score (nSPS) is 10.8. The number of aromatic nitrogens is 1. The van der Waals surface area contributed by atoms with E-state index in [1.807, 2.05) is 0 Å². The molecule has 5 nitrogen and oxygen atoms in total. The molecule has 0 aliphatic heterocycles. The molecule has 0 saturated carbocycles. The average Bonchev–Trinajstić information content (AvgIpc) is 2.51. The van der Waals surface area contributed by atoms with Crippen LogP contribution in [0.15, 0.2) is 47.3 Å². The number of aromatic amines is 1. The minimum atomic E-state index is -1.10. The smallest absolute Gasteiger partial charge is 0.335 e. The molecule has 3 N–H and O–H groups in total. The van der Waals surface area contributed by atoms with Crippen LogP contribution in [0.3, 0.4) is 0 Å². The number of fused-ring (bicyclic) bond motifs is 1. The Morgan fingerprint density at radius 1 is 1.17 bits per heavy atom. The number of H-pyrrole nitrogens is 1. The fourth-order valence-corrected chi connectivity index (χ4v) is 2.68. The van der Waals surface area contributed by atoms with Gasteiger partial charge < -0.3 is 15.2 Å². The van der Waals surface area contributed by atoms with Crippen LogP contribution in [0.1, 0.15) is 21.5 Å². The zero-order valence-corrected chi connectivity index (χ0v) is 12.6. The summed E-state index contributed by atoms with van der Waals surface area (Å²) in [6.45, 7) is 0. The van der Waals surface area contributed by atoms with Gasteiger partial charge in [-0.05, 0) is 35.9 Å². The number of benzene rings is 2. The van der Waals surface area contributed by atoms with Crippen molar-refractivity contribution in [1.29, 1.82) is 0 Å². The lowest BCUT2D eigenvalue weighted by atomic mass is 10.0. The Labute approximate surface area is 135 Å². The molecule has 0 unspecified atom stereocenters. The fourth-order valence-electron chi connectivity index (χ4n) is 2.47. The highest BCUT2D eigenvalue weighted by Gasteiger charge is 2.14. The molecule has 23 heavy (non-hydrogen) atoms. The van der Waals surface area contributed by atoms with Gasteiger partial charge in [0.05, 0.1) is 16.6 Å². The molecule has 0 aliphatic rings. The van der Waals surface area contributed by atoms with E-state index in [-0.39, 0.29) is 23.3 Å². The van der Waals surface area contributed by atoms with Crippen LogP contribution in [0.5, 0.6) is 5.75 Å². The van der Waals surface area contributed by atoms with Crippen LogP contribution in [0.4, 0.5) is 0 Å². The molecule has 0 atom stereocenters. The molecule has 6 heteroatoms. The molecule has 0 spiro atoms. The molecule has 0 fully saturated rings. The van der Waals surface area contributed by atoms with Crippen molar-refractivity contribution in [1.82, 2.24) is 4.98 Å². The van der Waals surface area contributed by atoms with Crippen molar-refractivity contribution >= 4 is 28.5 Å². The number of halogens is 1. The molecule has 116 valence electrons. The number of rotatable bonds is 3. The number of nitrogens with one attached hydrogen (secondary N) is 1. The van der Waals surface area contributed by atoms with Gasteiger partial charge in [0.25, 0.3) is 5.56 Å². The van der Waals surface area contributed by atoms with E-state index in [1.165, 1.54) is 18.2 Å². The Kier molecular flexibility index (Phi) is 3.80. The number of hydrogen-bond acceptors (Lipinski definition) is 3. The molecule has 0 radical (unpaired) electrons. The average molecular weight is 330 g/mol. The van der Waals surface area contributed by atoms with E-state index in [0.717, 1.165) is 5.56 Å². The summed E-state index contributed by atoms with van der Waals surface area (Å²) in [5.74, 6) is -1.32. The second-order valence-corrected chi connectivity index (χ2v) is 5.59. The Morgan fingerprint density at radius 3 is 2.65 bits per heavy atom. The third kappa shape index (κ3) is 2.91. The van der Waals surface area contributed by atoms with Gasteiger partial charge in [0.2, 0.25) is 0 Å². The summed E-state index contributed by atoms with van der Waals surface area (Å²) >= 11 is 5.93. The molecule has 0 amide bonds. The van der Waals surface area contributed by atoms with Crippen LogP contribution in [0.25, 0.3) is 10.9 Å². The summed E-state index contributed by atoms with van der Waals surface area (Å²) in [4.78, 5) is 25.9. The molecule has 1 aromatic heterocycles. The van der Waals surface area contributed by atoms with Crippen LogP contribution in [-0.4, -0.2) is 21.2 Å². The summed E-state index contributed by atoms with van der Waals surface area (Å²) in [5, 5.41) is 20.3. The van der Waals surface area contributed by atoms with E-state index in [1.54, 1.807) is 24.3 Å². The van der Waals surface area contributed by atoms with E-state index >= 15 is 0 Å². The van der Waals surface area contributed by atoms with Gasteiger partial charge in [-0.25, -0.2) is 4.79 Å². The molecule has 2 aromatic carbocycles. The van der Waals surface area contributed by atoms with E-state index in [4.69, 9.17) is 16.7 Å². The zero-order chi connectivity index (χ0) is 16.6. The Bertz CT molecular complexity index is 978. The monoisotopic (exact) mass is 329 g/mol. The van der Waals surface area contributed by atoms with Gasteiger partial charge in [-0.2, -0.15) is 0 Å². The Hall–Kier alpha value is -2.79. The summed E-state index contributed by atoms with van der Waals surface area (Å²) in [6.07, 6.45) is 0.189. The summed E-state index contributed by atoms with van der Waals surface area (Å²) in [6, 6.07) is 11.1. The van der Waals surface area contributed by atoms with E-state index in [2.05, 4.69) is 4.98 Å². The first kappa shape index (κ1) is 15.1. The number of hydrogen-bond donors (Lipinski definition) is 3. The zero-order valence-electron chi connectivity index (χ0n) is 11.8. The number of carbonyl (C=O) groups is 1. The topological polar surface area (TPSA) is 90.4 Å². The quantitative estimate of drug-likeness (QED) is 0.688. The van der Waals surface area contributed by atoms with Crippen molar-refractivity contribution in [2.75, 3.05) is 0 Å². The van der Waals surface area contributed by atoms with Crippen LogP contribution in [-0.2, 0) is 6.42 Å². The van der Waals surface area contributed by atoms with Gasteiger partial charge in [0.15, 0.2) is 0 Å². The highest BCUT2D eigenvalue weighted by atomic mass is 35.5. The lowest BCUT2D eigenvalue weighted by Gasteiger charge is -2.08. The van der Waals surface area contributed by atoms with Crippen molar-refractivity contribution in [3.05, 3.63) is 74.5 Å². The molecule has 0 aliphatic carbocycles. The SMILES string of the molecule is O=C(O)c1ccc2[nH]c(=O)c(Cc3cccc(Cl)c3)c(O)c2c1. The van der Waals surface area contributed by atoms with Gasteiger partial charge in [0.1, 0.15) is 5.75 Å². The van der Waals surface area contributed by atoms with Crippen molar-refractivity contribution < 1.29 is 15.0 Å². The number of aromatic carboxylic acids is 1. The fraction of sp³-hybridized carbons (Fsp3) is 0.0588. The predicted molar refractivity (Wildman–Crippen MR) is 87.5 cm³/mol. The first-order chi connectivity index (χ1) is 11.0. The minimum Gasteiger partial charge on any atom is -0.507 e. The number of carboxylic acids is 1. The van der Waals surface area contributed by atoms with Crippen LogP contribution in [0, 0.1) is 0 Å². The second kappa shape index (κ2) is 5.78. The summed E-state index contributed by atoms with van der Waals surface area (Å²) < 4.78 is 0. The standard InChI is InChI=1S/C17H12ClNO4/c18-11-3-1-2-9(6-11)7-13-15(20)12-8-10(17(22)23)4-5-14(12)19-16(13)21/h1-6,8H,7H2,(H,22,23)(H2,19,20,21). The van der Waals surface area contributed by atoms with Crippen molar-refractivity contribution in [2.24, 2.45) is 0 Å². The molecule has 0 bridgehead atoms. The Morgan fingerprint density at radius 2 is 1.96 bits per heavy atom. The van der Waals surface area contributed by atoms with E-state index < -0.39 is 11.5 Å². The summed E-state index contributed by atoms with van der Waals surface area (Å²) in [5.41, 5.74) is 0.938. The summed E-state index contributed by atoms with van der Waals surface area (Å²) in [7, 11) is 0. The van der Waals surface area contributed by atoms with Crippen LogP contribution in [0.2, 0.25) is 5.02 Å². The number of carboxylic acid groups (broad SMARTS) is 1. The van der Waals surface area contributed by atoms with Crippen molar-refractivity contribution in [3.63, 3.8) is 0 Å². The highest BCUT2D eigenvalue weighted by Crippen LogP contribution is 2.27. The van der Waals surface area contributed by atoms with Gasteiger partial charge in [-0.1, -0.05) is 23.7 Å². The van der Waals surface area contributed by atoms with E-state index in [9.17, 15) is 14.7 Å². The van der Waals surface area contributed by atoms with Gasteiger partial charge in [0, 0.05) is 16.8 Å². The maximum atomic E-state index is 12.2. The molecule has 3 rings (SSSR count).